The van der Waals surface area contributed by atoms with Crippen LogP contribution in [0, 0.1) is 13.8 Å². The van der Waals surface area contributed by atoms with Crippen LogP contribution in [0.2, 0.25) is 0 Å². The summed E-state index contributed by atoms with van der Waals surface area (Å²) in [5, 5.41) is 0. The zero-order chi connectivity index (χ0) is 18.4. The molecule has 0 aliphatic heterocycles. The Labute approximate surface area is 147 Å². The van der Waals surface area contributed by atoms with E-state index in [1.807, 2.05) is 19.9 Å². The molecule has 0 aromatic heterocycles. The van der Waals surface area contributed by atoms with Crippen LogP contribution >= 0.6 is 0 Å². The largest absolute Gasteiger partial charge is 0.496 e. The fourth-order valence-corrected chi connectivity index (χ4v) is 3.20. The number of benzene rings is 2. The number of hydrogen-bond donors (Lipinski definition) is 1. The van der Waals surface area contributed by atoms with Crippen LogP contribution in [0.15, 0.2) is 47.4 Å². The van der Waals surface area contributed by atoms with Crippen LogP contribution in [-0.4, -0.2) is 28.0 Å². The monoisotopic (exact) mass is 363 g/mol. The average molecular weight is 363 g/mol. The first-order valence-electron chi connectivity index (χ1n) is 7.68. The molecular formula is C18H21NO5S. The van der Waals surface area contributed by atoms with E-state index in [9.17, 15) is 13.2 Å². The Balaban J connectivity index is 1.93. The molecule has 0 aliphatic rings. The predicted octanol–water partition coefficient (Wildman–Crippen LogP) is 2.33. The lowest BCUT2D eigenvalue weighted by Crippen LogP contribution is -2.30. The van der Waals surface area contributed by atoms with Gasteiger partial charge in [-0.1, -0.05) is 24.3 Å². The van der Waals surface area contributed by atoms with Gasteiger partial charge in [-0.25, -0.2) is 8.42 Å². The molecule has 0 aliphatic carbocycles. The van der Waals surface area contributed by atoms with Crippen LogP contribution in [0.1, 0.15) is 16.7 Å². The van der Waals surface area contributed by atoms with Crippen molar-refractivity contribution in [3.8, 4) is 5.75 Å². The lowest BCUT2D eigenvalue weighted by molar-refractivity contribution is -0.143. The van der Waals surface area contributed by atoms with E-state index in [4.69, 9.17) is 9.47 Å². The third-order valence-electron chi connectivity index (χ3n) is 3.78. The molecular weight excluding hydrogens is 342 g/mol. The molecule has 0 spiro atoms. The minimum atomic E-state index is -3.77. The topological polar surface area (TPSA) is 81.7 Å². The summed E-state index contributed by atoms with van der Waals surface area (Å²) in [7, 11) is -2.24. The Morgan fingerprint density at radius 1 is 1.08 bits per heavy atom. The molecule has 0 amide bonds. The Morgan fingerprint density at radius 3 is 2.48 bits per heavy atom. The van der Waals surface area contributed by atoms with Crippen LogP contribution in [0.3, 0.4) is 0 Å². The van der Waals surface area contributed by atoms with Crippen LogP contribution in [-0.2, 0) is 26.2 Å². The van der Waals surface area contributed by atoms with Gasteiger partial charge in [-0.2, -0.15) is 4.72 Å². The van der Waals surface area contributed by atoms with Crippen molar-refractivity contribution < 1.29 is 22.7 Å². The van der Waals surface area contributed by atoms with E-state index in [-0.39, 0.29) is 11.5 Å². The predicted molar refractivity (Wildman–Crippen MR) is 93.9 cm³/mol. The van der Waals surface area contributed by atoms with Crippen molar-refractivity contribution in [3.05, 3.63) is 59.2 Å². The first kappa shape index (κ1) is 19.0. The number of para-hydroxylation sites is 1. The summed E-state index contributed by atoms with van der Waals surface area (Å²) in [6.45, 7) is 3.29. The van der Waals surface area contributed by atoms with E-state index in [2.05, 4.69) is 4.72 Å². The minimum Gasteiger partial charge on any atom is -0.496 e. The molecule has 0 fully saturated rings. The molecule has 0 heterocycles. The van der Waals surface area contributed by atoms with Crippen LogP contribution in [0.4, 0.5) is 0 Å². The van der Waals surface area contributed by atoms with Gasteiger partial charge in [0.15, 0.2) is 0 Å². The van der Waals surface area contributed by atoms with Crippen LogP contribution in [0.25, 0.3) is 0 Å². The molecule has 25 heavy (non-hydrogen) atoms. The van der Waals surface area contributed by atoms with E-state index in [1.54, 1.807) is 30.3 Å². The molecule has 0 atom stereocenters. The second kappa shape index (κ2) is 8.13. The highest BCUT2D eigenvalue weighted by atomic mass is 32.2. The van der Waals surface area contributed by atoms with Crippen LogP contribution < -0.4 is 9.46 Å². The van der Waals surface area contributed by atoms with Gasteiger partial charge >= 0.3 is 5.97 Å². The molecule has 2 aromatic rings. The van der Waals surface area contributed by atoms with Gasteiger partial charge in [-0.3, -0.25) is 4.79 Å². The van der Waals surface area contributed by atoms with E-state index >= 15 is 0 Å². The van der Waals surface area contributed by atoms with Crippen molar-refractivity contribution >= 4 is 16.0 Å². The highest BCUT2D eigenvalue weighted by molar-refractivity contribution is 7.89. The third-order valence-corrected chi connectivity index (χ3v) is 5.18. The number of carbonyl (C=O) groups excluding carboxylic acids is 1. The van der Waals surface area contributed by atoms with E-state index in [1.165, 1.54) is 13.2 Å². The molecule has 0 saturated heterocycles. The number of hydrogen-bond acceptors (Lipinski definition) is 5. The lowest BCUT2D eigenvalue weighted by atomic mass is 10.1. The third kappa shape index (κ3) is 5.04. The number of sulfonamides is 1. The molecule has 0 bridgehead atoms. The number of rotatable bonds is 7. The van der Waals surface area contributed by atoms with Gasteiger partial charge in [0.1, 0.15) is 18.9 Å². The zero-order valence-electron chi connectivity index (χ0n) is 14.4. The Kier molecular flexibility index (Phi) is 6.17. The summed E-state index contributed by atoms with van der Waals surface area (Å²) in [5.74, 6) is -0.0654. The van der Waals surface area contributed by atoms with E-state index < -0.39 is 22.5 Å². The van der Waals surface area contributed by atoms with Gasteiger partial charge < -0.3 is 9.47 Å². The van der Waals surface area contributed by atoms with Gasteiger partial charge in [-0.15, -0.1) is 0 Å². The van der Waals surface area contributed by atoms with Crippen LogP contribution in [0.5, 0.6) is 5.75 Å². The maximum Gasteiger partial charge on any atom is 0.321 e. The Hall–Kier alpha value is -2.38. The molecule has 6 nitrogen and oxygen atoms in total. The summed E-state index contributed by atoms with van der Waals surface area (Å²) < 4.78 is 37.0. The molecule has 0 unspecified atom stereocenters. The number of aryl methyl sites for hydroxylation is 2. The minimum absolute atomic E-state index is 0.00815. The number of ether oxygens (including phenoxy) is 2. The van der Waals surface area contributed by atoms with Crippen molar-refractivity contribution in [2.24, 2.45) is 0 Å². The molecule has 2 rings (SSSR count). The van der Waals surface area contributed by atoms with Gasteiger partial charge in [0.2, 0.25) is 10.0 Å². The molecule has 0 saturated carbocycles. The number of carbonyl (C=O) groups is 1. The van der Waals surface area contributed by atoms with Crippen molar-refractivity contribution in [1.29, 1.82) is 0 Å². The smallest absolute Gasteiger partial charge is 0.321 e. The average Bonchev–Trinajstić information content (AvgIpc) is 2.60. The summed E-state index contributed by atoms with van der Waals surface area (Å²) in [6, 6.07) is 11.9. The maximum atomic E-state index is 12.2. The zero-order valence-corrected chi connectivity index (χ0v) is 15.2. The van der Waals surface area contributed by atoms with Crippen molar-refractivity contribution in [2.45, 2.75) is 25.3 Å². The van der Waals surface area contributed by atoms with Crippen molar-refractivity contribution in [3.63, 3.8) is 0 Å². The second-order valence-corrected chi connectivity index (χ2v) is 7.31. The molecule has 0 radical (unpaired) electrons. The van der Waals surface area contributed by atoms with Crippen molar-refractivity contribution in [2.75, 3.05) is 13.7 Å². The number of nitrogens with one attached hydrogen (secondary N) is 1. The highest BCUT2D eigenvalue weighted by Gasteiger charge is 2.17. The molecule has 1 N–H and O–H groups in total. The summed E-state index contributed by atoms with van der Waals surface area (Å²) >= 11 is 0. The molecule has 134 valence electrons. The highest BCUT2D eigenvalue weighted by Crippen LogP contribution is 2.18. The van der Waals surface area contributed by atoms with Gasteiger partial charge in [0.25, 0.3) is 0 Å². The summed E-state index contributed by atoms with van der Waals surface area (Å²) in [6.07, 6.45) is 0. The van der Waals surface area contributed by atoms with Gasteiger partial charge in [0, 0.05) is 5.56 Å². The molecule has 7 heteroatoms. The fraction of sp³-hybridized carbons (Fsp3) is 0.278. The fourth-order valence-electron chi connectivity index (χ4n) is 2.15. The quantitative estimate of drug-likeness (QED) is 0.764. The van der Waals surface area contributed by atoms with E-state index in [0.717, 1.165) is 11.1 Å². The van der Waals surface area contributed by atoms with Crippen molar-refractivity contribution in [1.82, 2.24) is 4.72 Å². The first-order valence-corrected chi connectivity index (χ1v) is 9.16. The Bertz CT molecular complexity index is 862. The standard InChI is InChI=1S/C18H21NO5S/c1-13-8-9-16(10-14(13)2)25(21,22)19-11-18(20)24-12-15-6-4-5-7-17(15)23-3/h4-10,19H,11-12H2,1-3H3. The summed E-state index contributed by atoms with van der Waals surface area (Å²) in [4.78, 5) is 11.9. The maximum absolute atomic E-state index is 12.2. The number of methoxy groups -OCH3 is 1. The summed E-state index contributed by atoms with van der Waals surface area (Å²) in [5.41, 5.74) is 2.56. The normalized spacial score (nSPS) is 11.2. The van der Waals surface area contributed by atoms with Gasteiger partial charge in [-0.05, 0) is 43.2 Å². The number of esters is 1. The van der Waals surface area contributed by atoms with Gasteiger partial charge in [0.05, 0.1) is 12.0 Å². The Morgan fingerprint density at radius 2 is 1.80 bits per heavy atom. The first-order chi connectivity index (χ1) is 11.8. The second-order valence-electron chi connectivity index (χ2n) is 5.54. The molecule has 2 aromatic carbocycles. The van der Waals surface area contributed by atoms with E-state index in [0.29, 0.717) is 11.3 Å². The SMILES string of the molecule is COc1ccccc1COC(=O)CNS(=O)(=O)c1ccc(C)c(C)c1. The lowest BCUT2D eigenvalue weighted by Gasteiger charge is -2.10.